The van der Waals surface area contributed by atoms with Gasteiger partial charge < -0.3 is 9.64 Å². The summed E-state index contributed by atoms with van der Waals surface area (Å²) in [5.74, 6) is -0.159. The van der Waals surface area contributed by atoms with E-state index < -0.39 is 10.0 Å². The summed E-state index contributed by atoms with van der Waals surface area (Å²) in [7, 11) is -3.39. The Balaban J connectivity index is 2.66. The highest BCUT2D eigenvalue weighted by Crippen LogP contribution is 2.15. The number of hydrogen-bond donors (Lipinski definition) is 0. The molecule has 1 saturated heterocycles. The number of likely N-dealkylation sites (N-methyl/N-ethyl adjacent to an activating group) is 1. The van der Waals surface area contributed by atoms with E-state index in [1.807, 2.05) is 13.8 Å². The molecule has 0 bridgehead atoms. The number of sulfonamides is 1. The molecular weight excluding hydrogens is 268 g/mol. The summed E-state index contributed by atoms with van der Waals surface area (Å²) in [5.41, 5.74) is 0. The van der Waals surface area contributed by atoms with E-state index in [2.05, 4.69) is 0 Å². The minimum atomic E-state index is -3.39. The molecule has 19 heavy (non-hydrogen) atoms. The van der Waals surface area contributed by atoms with Crippen LogP contribution in [0.25, 0.3) is 0 Å². The van der Waals surface area contributed by atoms with Crippen LogP contribution in [0.3, 0.4) is 0 Å². The van der Waals surface area contributed by atoms with E-state index in [-0.39, 0.29) is 25.1 Å². The zero-order valence-corrected chi connectivity index (χ0v) is 12.8. The molecule has 112 valence electrons. The van der Waals surface area contributed by atoms with Crippen LogP contribution in [0, 0.1) is 0 Å². The number of hydrogen-bond acceptors (Lipinski definition) is 4. The van der Waals surface area contributed by atoms with Crippen LogP contribution in [0.2, 0.25) is 0 Å². The predicted octanol–water partition coefficient (Wildman–Crippen LogP) is 0.295. The molecule has 1 unspecified atom stereocenters. The van der Waals surface area contributed by atoms with Gasteiger partial charge in [0.25, 0.3) is 0 Å². The Labute approximate surface area is 115 Å². The van der Waals surface area contributed by atoms with Crippen LogP contribution in [-0.4, -0.2) is 68.7 Å². The Kier molecular flexibility index (Phi) is 6.22. The Bertz CT molecular complexity index is 387. The van der Waals surface area contributed by atoms with Gasteiger partial charge in [0.05, 0.1) is 18.9 Å². The lowest BCUT2D eigenvalue weighted by atomic mass is 10.2. The average Bonchev–Trinajstić information content (AvgIpc) is 2.81. The SMILES string of the molecule is CCN(CC)C(=O)CN(CC1CCCO1)S(C)(=O)=O. The number of rotatable bonds is 7. The number of carbonyl (C=O) groups is 1. The van der Waals surface area contributed by atoms with Gasteiger partial charge in [0.15, 0.2) is 0 Å². The highest BCUT2D eigenvalue weighted by Gasteiger charge is 2.27. The van der Waals surface area contributed by atoms with Crippen molar-refractivity contribution >= 4 is 15.9 Å². The summed E-state index contributed by atoms with van der Waals surface area (Å²) in [4.78, 5) is 13.6. The van der Waals surface area contributed by atoms with Crippen LogP contribution < -0.4 is 0 Å². The van der Waals surface area contributed by atoms with Crippen molar-refractivity contribution in [1.82, 2.24) is 9.21 Å². The lowest BCUT2D eigenvalue weighted by Gasteiger charge is -2.26. The zero-order valence-electron chi connectivity index (χ0n) is 12.0. The third kappa shape index (κ3) is 5.08. The van der Waals surface area contributed by atoms with Crippen LogP contribution in [0.5, 0.6) is 0 Å². The summed E-state index contributed by atoms with van der Waals surface area (Å²) in [6.45, 7) is 5.79. The van der Waals surface area contributed by atoms with E-state index in [4.69, 9.17) is 4.74 Å². The second kappa shape index (κ2) is 7.21. The summed E-state index contributed by atoms with van der Waals surface area (Å²) in [6.07, 6.45) is 2.86. The molecule has 0 aromatic heterocycles. The number of nitrogens with zero attached hydrogens (tertiary/aromatic N) is 2. The second-order valence-electron chi connectivity index (χ2n) is 4.76. The lowest BCUT2D eigenvalue weighted by molar-refractivity contribution is -0.131. The topological polar surface area (TPSA) is 66.9 Å². The van der Waals surface area contributed by atoms with Gasteiger partial charge in [-0.05, 0) is 26.7 Å². The Hall–Kier alpha value is -0.660. The molecule has 0 spiro atoms. The Morgan fingerprint density at radius 1 is 1.32 bits per heavy atom. The van der Waals surface area contributed by atoms with Crippen LogP contribution in [0.4, 0.5) is 0 Å². The van der Waals surface area contributed by atoms with Gasteiger partial charge in [0.1, 0.15) is 0 Å². The highest BCUT2D eigenvalue weighted by molar-refractivity contribution is 7.88. The molecule has 1 atom stereocenters. The van der Waals surface area contributed by atoms with Gasteiger partial charge in [0, 0.05) is 26.2 Å². The first-order valence-corrected chi connectivity index (χ1v) is 8.57. The van der Waals surface area contributed by atoms with Crippen molar-refractivity contribution in [1.29, 1.82) is 0 Å². The van der Waals surface area contributed by atoms with Gasteiger partial charge in [-0.2, -0.15) is 4.31 Å². The average molecular weight is 292 g/mol. The van der Waals surface area contributed by atoms with Crippen molar-refractivity contribution in [2.75, 3.05) is 39.0 Å². The predicted molar refractivity (Wildman–Crippen MR) is 73.3 cm³/mol. The highest BCUT2D eigenvalue weighted by atomic mass is 32.2. The lowest BCUT2D eigenvalue weighted by Crippen LogP contribution is -2.45. The molecule has 1 aliphatic heterocycles. The molecule has 0 aliphatic carbocycles. The van der Waals surface area contributed by atoms with Crippen LogP contribution >= 0.6 is 0 Å². The van der Waals surface area contributed by atoms with Gasteiger partial charge in [-0.25, -0.2) is 8.42 Å². The fourth-order valence-corrected chi connectivity index (χ4v) is 2.94. The smallest absolute Gasteiger partial charge is 0.237 e. The van der Waals surface area contributed by atoms with Crippen molar-refractivity contribution in [2.45, 2.75) is 32.8 Å². The van der Waals surface area contributed by atoms with E-state index in [0.717, 1.165) is 19.1 Å². The third-order valence-electron chi connectivity index (χ3n) is 3.33. The summed E-state index contributed by atoms with van der Waals surface area (Å²) >= 11 is 0. The van der Waals surface area contributed by atoms with Gasteiger partial charge in [-0.3, -0.25) is 4.79 Å². The monoisotopic (exact) mass is 292 g/mol. The first kappa shape index (κ1) is 16.4. The fraction of sp³-hybridized carbons (Fsp3) is 0.917. The normalized spacial score (nSPS) is 19.9. The first-order valence-electron chi connectivity index (χ1n) is 6.73. The van der Waals surface area contributed by atoms with Crippen molar-refractivity contribution in [3.8, 4) is 0 Å². The summed E-state index contributed by atoms with van der Waals surface area (Å²) < 4.78 is 30.2. The van der Waals surface area contributed by atoms with E-state index in [1.54, 1.807) is 4.90 Å². The van der Waals surface area contributed by atoms with Gasteiger partial charge >= 0.3 is 0 Å². The maximum absolute atomic E-state index is 12.0. The molecule has 0 N–H and O–H groups in total. The molecule has 1 fully saturated rings. The van der Waals surface area contributed by atoms with E-state index in [0.29, 0.717) is 19.7 Å². The summed E-state index contributed by atoms with van der Waals surface area (Å²) in [6, 6.07) is 0. The standard InChI is InChI=1S/C12H24N2O4S/c1-4-13(5-2)12(15)10-14(19(3,16)17)9-11-7-6-8-18-11/h11H,4-10H2,1-3H3. The van der Waals surface area contributed by atoms with Crippen molar-refractivity contribution in [3.63, 3.8) is 0 Å². The van der Waals surface area contributed by atoms with E-state index in [1.165, 1.54) is 4.31 Å². The van der Waals surface area contributed by atoms with E-state index in [9.17, 15) is 13.2 Å². The molecule has 0 aromatic rings. The molecular formula is C12H24N2O4S. The maximum atomic E-state index is 12.0. The molecule has 7 heteroatoms. The molecule has 1 aliphatic rings. The molecule has 1 amide bonds. The van der Waals surface area contributed by atoms with E-state index >= 15 is 0 Å². The maximum Gasteiger partial charge on any atom is 0.237 e. The molecule has 0 aromatic carbocycles. The van der Waals surface area contributed by atoms with Gasteiger partial charge in [0.2, 0.25) is 15.9 Å². The molecule has 6 nitrogen and oxygen atoms in total. The van der Waals surface area contributed by atoms with Crippen molar-refractivity contribution in [3.05, 3.63) is 0 Å². The number of carbonyl (C=O) groups excluding carboxylic acids is 1. The zero-order chi connectivity index (χ0) is 14.5. The van der Waals surface area contributed by atoms with Crippen molar-refractivity contribution in [2.24, 2.45) is 0 Å². The third-order valence-corrected chi connectivity index (χ3v) is 4.54. The minimum Gasteiger partial charge on any atom is -0.377 e. The minimum absolute atomic E-state index is 0.0840. The molecule has 0 saturated carbocycles. The van der Waals surface area contributed by atoms with Crippen LogP contribution in [0.1, 0.15) is 26.7 Å². The largest absolute Gasteiger partial charge is 0.377 e. The quantitative estimate of drug-likeness (QED) is 0.677. The number of ether oxygens (including phenoxy) is 1. The van der Waals surface area contributed by atoms with Crippen LogP contribution in [0.15, 0.2) is 0 Å². The molecule has 0 radical (unpaired) electrons. The fourth-order valence-electron chi connectivity index (χ4n) is 2.16. The number of amides is 1. The Morgan fingerprint density at radius 2 is 1.95 bits per heavy atom. The molecule has 1 heterocycles. The van der Waals surface area contributed by atoms with Crippen molar-refractivity contribution < 1.29 is 17.9 Å². The second-order valence-corrected chi connectivity index (χ2v) is 6.74. The van der Waals surface area contributed by atoms with Crippen LogP contribution in [-0.2, 0) is 19.6 Å². The first-order chi connectivity index (χ1) is 8.88. The van der Waals surface area contributed by atoms with Gasteiger partial charge in [-0.15, -0.1) is 0 Å². The molecule has 1 rings (SSSR count). The summed E-state index contributed by atoms with van der Waals surface area (Å²) in [5, 5.41) is 0. The van der Waals surface area contributed by atoms with Gasteiger partial charge in [-0.1, -0.05) is 0 Å². The Morgan fingerprint density at radius 3 is 2.37 bits per heavy atom.